The Hall–Kier alpha value is -1.48. The lowest BCUT2D eigenvalue weighted by Crippen LogP contribution is -2.28. The average Bonchev–Trinajstić information content (AvgIpc) is 2.99. The molecule has 0 amide bonds. The lowest BCUT2D eigenvalue weighted by molar-refractivity contribution is 0.453. The van der Waals surface area contributed by atoms with E-state index in [2.05, 4.69) is 27.4 Å². The van der Waals surface area contributed by atoms with Crippen molar-refractivity contribution in [1.82, 2.24) is 15.3 Å². The van der Waals surface area contributed by atoms with Crippen molar-refractivity contribution >= 4 is 0 Å². The minimum atomic E-state index is 0.678. The Kier molecular flexibility index (Phi) is 1.63. The molecule has 2 atom stereocenters. The number of aromatic nitrogens is 2. The zero-order valence-electron chi connectivity index (χ0n) is 8.98. The van der Waals surface area contributed by atoms with Crippen molar-refractivity contribution < 1.29 is 0 Å². The summed E-state index contributed by atoms with van der Waals surface area (Å²) in [6.07, 6.45) is 5.05. The maximum Gasteiger partial charge on any atom is 0.108 e. The molecule has 1 N–H and O–H groups in total. The molecular formula is C13H13N3. The Bertz CT molecular complexity index is 523. The Balaban J connectivity index is 1.96. The van der Waals surface area contributed by atoms with Crippen LogP contribution in [0.5, 0.6) is 0 Å². The molecule has 0 spiro atoms. The van der Waals surface area contributed by atoms with Crippen molar-refractivity contribution in [2.75, 3.05) is 13.1 Å². The van der Waals surface area contributed by atoms with Crippen LogP contribution in [0.15, 0.2) is 24.5 Å². The van der Waals surface area contributed by atoms with Crippen molar-refractivity contribution in [3.63, 3.8) is 0 Å². The molecule has 3 heteroatoms. The minimum Gasteiger partial charge on any atom is -0.316 e. The lowest BCUT2D eigenvalue weighted by Gasteiger charge is -2.19. The summed E-state index contributed by atoms with van der Waals surface area (Å²) < 4.78 is 0. The van der Waals surface area contributed by atoms with Gasteiger partial charge in [-0.05, 0) is 41.5 Å². The van der Waals surface area contributed by atoms with Crippen LogP contribution in [0.2, 0.25) is 0 Å². The van der Waals surface area contributed by atoms with Crippen molar-refractivity contribution in [2.45, 2.75) is 18.3 Å². The molecule has 0 aromatic carbocycles. The van der Waals surface area contributed by atoms with Crippen molar-refractivity contribution in [1.29, 1.82) is 0 Å². The Labute approximate surface area is 94.3 Å². The highest BCUT2D eigenvalue weighted by Crippen LogP contribution is 2.43. The van der Waals surface area contributed by atoms with Crippen LogP contribution in [0.25, 0.3) is 11.4 Å². The second-order valence-electron chi connectivity index (χ2n) is 4.82. The second kappa shape index (κ2) is 3.01. The fraction of sp³-hybridized carbons (Fsp3) is 0.385. The summed E-state index contributed by atoms with van der Waals surface area (Å²) in [5, 5.41) is 3.51. The quantitative estimate of drug-likeness (QED) is 0.721. The molecule has 1 aliphatic carbocycles. The van der Waals surface area contributed by atoms with Gasteiger partial charge >= 0.3 is 0 Å². The van der Waals surface area contributed by atoms with E-state index in [1.807, 2.05) is 12.4 Å². The molecule has 16 heavy (non-hydrogen) atoms. The van der Waals surface area contributed by atoms with Gasteiger partial charge in [0.25, 0.3) is 0 Å². The van der Waals surface area contributed by atoms with E-state index < -0.39 is 0 Å². The molecule has 80 valence electrons. The van der Waals surface area contributed by atoms with E-state index in [0.29, 0.717) is 11.8 Å². The summed E-state index contributed by atoms with van der Waals surface area (Å²) >= 11 is 0. The zero-order chi connectivity index (χ0) is 10.5. The highest BCUT2D eigenvalue weighted by Gasteiger charge is 2.34. The summed E-state index contributed by atoms with van der Waals surface area (Å²) in [6, 6.07) is 4.45. The standard InChI is InChI=1S/C13H13N3/c1-2-14-7-13-12(16-13)4-11-9-3-8(10(1)11)5-15-6-9/h1-2,4,7-9,15H,3,5-6H2. The molecular weight excluding hydrogens is 198 g/mol. The molecule has 4 rings (SSSR count). The molecule has 0 aromatic rings. The third kappa shape index (κ3) is 1.18. The van der Waals surface area contributed by atoms with Gasteiger partial charge in [0.2, 0.25) is 0 Å². The second-order valence-corrected chi connectivity index (χ2v) is 4.82. The first-order valence-corrected chi connectivity index (χ1v) is 5.87. The van der Waals surface area contributed by atoms with Gasteiger partial charge in [-0.25, -0.2) is 4.98 Å². The average molecular weight is 211 g/mol. The molecule has 0 radical (unpaired) electrons. The van der Waals surface area contributed by atoms with Gasteiger partial charge in [-0.2, -0.15) is 0 Å². The first-order valence-electron chi connectivity index (χ1n) is 5.87. The number of hydrogen-bond donors (Lipinski definition) is 1. The largest absolute Gasteiger partial charge is 0.316 e. The molecule has 0 saturated carbocycles. The normalized spacial score (nSPS) is 27.0. The van der Waals surface area contributed by atoms with Crippen LogP contribution >= 0.6 is 0 Å². The first kappa shape index (κ1) is 8.65. The third-order valence-electron chi connectivity index (χ3n) is 3.85. The number of fused-ring (bicyclic) bond motifs is 6. The van der Waals surface area contributed by atoms with Gasteiger partial charge in [0.15, 0.2) is 0 Å². The maximum absolute atomic E-state index is 4.33. The Morgan fingerprint density at radius 1 is 1.12 bits per heavy atom. The molecule has 4 aliphatic rings. The van der Waals surface area contributed by atoms with Crippen LogP contribution in [-0.4, -0.2) is 23.1 Å². The topological polar surface area (TPSA) is 37.8 Å². The fourth-order valence-electron chi connectivity index (χ4n) is 3.01. The Morgan fingerprint density at radius 2 is 2.00 bits per heavy atom. The van der Waals surface area contributed by atoms with Crippen molar-refractivity contribution in [2.24, 2.45) is 0 Å². The highest BCUT2D eigenvalue weighted by atomic mass is 14.9. The number of nitrogens with one attached hydrogen (secondary N) is 1. The van der Waals surface area contributed by atoms with Crippen LogP contribution in [0.3, 0.4) is 0 Å². The van der Waals surface area contributed by atoms with Crippen molar-refractivity contribution in [3.05, 3.63) is 35.7 Å². The number of nitrogens with zero attached hydrogens (tertiary/aromatic N) is 2. The third-order valence-corrected chi connectivity index (χ3v) is 3.85. The predicted octanol–water partition coefficient (Wildman–Crippen LogP) is 1.76. The molecule has 2 bridgehead atoms. The lowest BCUT2D eigenvalue weighted by atomic mass is 9.97. The van der Waals surface area contributed by atoms with Crippen molar-refractivity contribution in [3.8, 4) is 11.4 Å². The number of piperidine rings is 1. The van der Waals surface area contributed by atoms with Gasteiger partial charge in [0, 0.05) is 19.3 Å². The monoisotopic (exact) mass is 211 g/mol. The van der Waals surface area contributed by atoms with E-state index in [4.69, 9.17) is 0 Å². The fourth-order valence-corrected chi connectivity index (χ4v) is 3.01. The smallest absolute Gasteiger partial charge is 0.108 e. The molecule has 3 nitrogen and oxygen atoms in total. The molecule has 3 aliphatic heterocycles. The summed E-state index contributed by atoms with van der Waals surface area (Å²) in [7, 11) is 0. The minimum absolute atomic E-state index is 0.678. The number of rotatable bonds is 0. The van der Waals surface area contributed by atoms with Gasteiger partial charge in [-0.15, -0.1) is 0 Å². The van der Waals surface area contributed by atoms with Crippen LogP contribution in [0.1, 0.15) is 29.4 Å². The molecule has 1 fully saturated rings. The maximum atomic E-state index is 4.33. The Morgan fingerprint density at radius 3 is 2.94 bits per heavy atom. The number of hydrogen-bond acceptors (Lipinski definition) is 3. The molecule has 1 saturated heterocycles. The van der Waals surface area contributed by atoms with Gasteiger partial charge in [0.05, 0.1) is 11.9 Å². The van der Waals surface area contributed by atoms with E-state index in [1.165, 1.54) is 17.5 Å². The van der Waals surface area contributed by atoms with Gasteiger partial charge in [-0.3, -0.25) is 4.98 Å². The van der Waals surface area contributed by atoms with Gasteiger partial charge in [0.1, 0.15) is 5.69 Å². The van der Waals surface area contributed by atoms with Gasteiger partial charge < -0.3 is 5.32 Å². The summed E-state index contributed by atoms with van der Waals surface area (Å²) in [4.78, 5) is 8.59. The first-order chi connectivity index (χ1) is 7.92. The van der Waals surface area contributed by atoms with Crippen LogP contribution in [0, 0.1) is 0 Å². The summed E-state index contributed by atoms with van der Waals surface area (Å²) in [5.74, 6) is 1.36. The molecule has 2 unspecified atom stereocenters. The SMILES string of the molecule is c1cc2c(cc3nc-3cn1)C1CNCC2C1. The van der Waals surface area contributed by atoms with E-state index in [-0.39, 0.29) is 0 Å². The zero-order valence-corrected chi connectivity index (χ0v) is 8.98. The van der Waals surface area contributed by atoms with E-state index in [9.17, 15) is 0 Å². The van der Waals surface area contributed by atoms with E-state index in [1.54, 1.807) is 0 Å². The molecule has 3 heterocycles. The summed E-state index contributed by atoms with van der Waals surface area (Å²) in [5.41, 5.74) is 5.15. The predicted molar refractivity (Wildman–Crippen MR) is 61.6 cm³/mol. The van der Waals surface area contributed by atoms with Crippen LogP contribution in [-0.2, 0) is 0 Å². The van der Waals surface area contributed by atoms with E-state index in [0.717, 1.165) is 24.5 Å². The molecule has 0 aromatic heterocycles. The van der Waals surface area contributed by atoms with Gasteiger partial charge in [-0.1, -0.05) is 0 Å². The van der Waals surface area contributed by atoms with Crippen LogP contribution < -0.4 is 5.32 Å². The van der Waals surface area contributed by atoms with E-state index >= 15 is 0 Å². The highest BCUT2D eigenvalue weighted by molar-refractivity contribution is 5.65. The van der Waals surface area contributed by atoms with Crippen LogP contribution in [0.4, 0.5) is 0 Å². The summed E-state index contributed by atoms with van der Waals surface area (Å²) in [6.45, 7) is 2.23.